The number of anilines is 3. The van der Waals surface area contributed by atoms with E-state index in [1.807, 2.05) is 19.9 Å². The highest BCUT2D eigenvalue weighted by molar-refractivity contribution is 7.92. The maximum Gasteiger partial charge on any atom is 0.245 e. The fourth-order valence-electron chi connectivity index (χ4n) is 2.56. The van der Waals surface area contributed by atoms with Gasteiger partial charge in [0.2, 0.25) is 21.8 Å². The molecule has 2 aromatic rings. The lowest BCUT2D eigenvalue weighted by molar-refractivity contribution is -0.115. The Morgan fingerprint density at radius 1 is 0.963 bits per heavy atom. The molecule has 8 heteroatoms. The molecule has 0 aromatic heterocycles. The van der Waals surface area contributed by atoms with E-state index >= 15 is 0 Å². The number of nitrogens with one attached hydrogen (secondary N) is 2. The largest absolute Gasteiger partial charge is 0.326 e. The Kier molecular flexibility index (Phi) is 6.22. The summed E-state index contributed by atoms with van der Waals surface area (Å²) < 4.78 is 25.6. The highest BCUT2D eigenvalue weighted by Crippen LogP contribution is 2.25. The van der Waals surface area contributed by atoms with Crippen molar-refractivity contribution in [2.45, 2.75) is 20.8 Å². The van der Waals surface area contributed by atoms with Gasteiger partial charge in [-0.05, 0) is 55.3 Å². The Bertz CT molecular complexity index is 953. The maximum absolute atomic E-state index is 12.4. The molecule has 0 aliphatic heterocycles. The summed E-state index contributed by atoms with van der Waals surface area (Å²) in [5.41, 5.74) is 3.33. The summed E-state index contributed by atoms with van der Waals surface area (Å²) >= 11 is 0. The number of hydrogen-bond donors (Lipinski definition) is 2. The van der Waals surface area contributed by atoms with Crippen LogP contribution >= 0.6 is 0 Å². The molecule has 2 amide bonds. The minimum absolute atomic E-state index is 0.191. The number of benzene rings is 2. The molecular formula is C19H23N3O4S. The van der Waals surface area contributed by atoms with Crippen molar-refractivity contribution in [1.29, 1.82) is 0 Å². The number of hydrogen-bond acceptors (Lipinski definition) is 4. The Balaban J connectivity index is 2.17. The second-order valence-electron chi connectivity index (χ2n) is 6.30. The van der Waals surface area contributed by atoms with Crippen LogP contribution in [0.5, 0.6) is 0 Å². The smallest absolute Gasteiger partial charge is 0.245 e. The second kappa shape index (κ2) is 8.22. The van der Waals surface area contributed by atoms with Crippen molar-refractivity contribution >= 4 is 38.9 Å². The van der Waals surface area contributed by atoms with Gasteiger partial charge in [0.15, 0.2) is 0 Å². The van der Waals surface area contributed by atoms with Crippen LogP contribution in [0, 0.1) is 13.8 Å². The van der Waals surface area contributed by atoms with E-state index in [-0.39, 0.29) is 12.5 Å². The molecule has 2 N–H and O–H groups in total. The lowest BCUT2D eigenvalue weighted by Crippen LogP contribution is -2.38. The van der Waals surface area contributed by atoms with Gasteiger partial charge < -0.3 is 10.6 Å². The first-order valence-corrected chi connectivity index (χ1v) is 10.1. The van der Waals surface area contributed by atoms with Crippen LogP contribution in [0.15, 0.2) is 42.5 Å². The number of rotatable bonds is 6. The van der Waals surface area contributed by atoms with Crippen LogP contribution in [0.25, 0.3) is 0 Å². The minimum Gasteiger partial charge on any atom is -0.326 e. The zero-order chi connectivity index (χ0) is 20.2. The predicted octanol–water partition coefficient (Wildman–Crippen LogP) is 2.67. The Labute approximate surface area is 159 Å². The molecule has 0 saturated heterocycles. The van der Waals surface area contributed by atoms with E-state index in [9.17, 15) is 18.0 Å². The lowest BCUT2D eigenvalue weighted by Gasteiger charge is -2.24. The van der Waals surface area contributed by atoms with Crippen molar-refractivity contribution in [3.8, 4) is 0 Å². The van der Waals surface area contributed by atoms with Crippen LogP contribution in [0.4, 0.5) is 17.1 Å². The third-order valence-corrected chi connectivity index (χ3v) is 5.15. The molecule has 27 heavy (non-hydrogen) atoms. The highest BCUT2D eigenvalue weighted by atomic mass is 32.2. The summed E-state index contributed by atoms with van der Waals surface area (Å²) in [4.78, 5) is 23.4. The Morgan fingerprint density at radius 3 is 2.04 bits per heavy atom. The first-order valence-electron chi connectivity index (χ1n) is 8.29. The maximum atomic E-state index is 12.4. The molecule has 144 valence electrons. The molecule has 0 aliphatic carbocycles. The van der Waals surface area contributed by atoms with Crippen molar-refractivity contribution < 1.29 is 18.0 Å². The van der Waals surface area contributed by atoms with Gasteiger partial charge in [0.05, 0.1) is 11.9 Å². The third kappa shape index (κ3) is 5.55. The Hall–Kier alpha value is -2.87. The topological polar surface area (TPSA) is 95.6 Å². The van der Waals surface area contributed by atoms with Gasteiger partial charge in [0, 0.05) is 18.3 Å². The average molecular weight is 389 g/mol. The number of nitrogens with zero attached hydrogens (tertiary/aromatic N) is 1. The van der Waals surface area contributed by atoms with Gasteiger partial charge in [-0.25, -0.2) is 8.42 Å². The van der Waals surface area contributed by atoms with Crippen LogP contribution < -0.4 is 14.9 Å². The molecule has 0 fully saturated rings. The van der Waals surface area contributed by atoms with Gasteiger partial charge in [-0.3, -0.25) is 13.9 Å². The number of carbonyl (C=O) groups is 2. The molecular weight excluding hydrogens is 366 g/mol. The van der Waals surface area contributed by atoms with Gasteiger partial charge in [0.1, 0.15) is 6.54 Å². The standard InChI is InChI=1S/C19H23N3O4S/c1-13-6-5-7-18(14(13)2)22(27(4,25)26)12-19(24)21-17-10-8-16(9-11-17)20-15(3)23/h5-11H,12H2,1-4H3,(H,20,23)(H,21,24). The average Bonchev–Trinajstić information content (AvgIpc) is 2.56. The number of amides is 2. The lowest BCUT2D eigenvalue weighted by atomic mass is 10.1. The van der Waals surface area contributed by atoms with Crippen LogP contribution in [0.2, 0.25) is 0 Å². The zero-order valence-corrected chi connectivity index (χ0v) is 16.6. The molecule has 0 radical (unpaired) electrons. The van der Waals surface area contributed by atoms with Crippen molar-refractivity contribution in [2.24, 2.45) is 0 Å². The van der Waals surface area contributed by atoms with Crippen molar-refractivity contribution in [1.82, 2.24) is 0 Å². The fraction of sp³-hybridized carbons (Fsp3) is 0.263. The van der Waals surface area contributed by atoms with E-state index in [1.165, 1.54) is 6.92 Å². The van der Waals surface area contributed by atoms with Crippen molar-refractivity contribution in [3.05, 3.63) is 53.6 Å². The summed E-state index contributed by atoms with van der Waals surface area (Å²) in [5.74, 6) is -0.655. The molecule has 0 spiro atoms. The molecule has 0 unspecified atom stereocenters. The van der Waals surface area contributed by atoms with Crippen LogP contribution in [0.1, 0.15) is 18.1 Å². The third-order valence-electron chi connectivity index (χ3n) is 4.02. The summed E-state index contributed by atoms with van der Waals surface area (Å²) in [6.07, 6.45) is 1.07. The van der Waals surface area contributed by atoms with Gasteiger partial charge >= 0.3 is 0 Å². The molecule has 0 aliphatic rings. The molecule has 0 bridgehead atoms. The summed E-state index contributed by atoms with van der Waals surface area (Å²) in [6.45, 7) is 4.77. The summed E-state index contributed by atoms with van der Waals surface area (Å²) in [6, 6.07) is 11.9. The number of sulfonamides is 1. The van der Waals surface area contributed by atoms with Crippen LogP contribution in [-0.2, 0) is 19.6 Å². The van der Waals surface area contributed by atoms with E-state index in [2.05, 4.69) is 10.6 Å². The molecule has 0 heterocycles. The predicted molar refractivity (Wildman–Crippen MR) is 107 cm³/mol. The van der Waals surface area contributed by atoms with E-state index in [4.69, 9.17) is 0 Å². The Morgan fingerprint density at radius 2 is 1.52 bits per heavy atom. The summed E-state index contributed by atoms with van der Waals surface area (Å²) in [5, 5.41) is 5.30. The minimum atomic E-state index is -3.64. The first kappa shape index (κ1) is 20.4. The van der Waals surface area contributed by atoms with Crippen LogP contribution in [-0.4, -0.2) is 33.0 Å². The van der Waals surface area contributed by atoms with E-state index < -0.39 is 15.9 Å². The first-order chi connectivity index (χ1) is 12.6. The van der Waals surface area contributed by atoms with Crippen molar-refractivity contribution in [2.75, 3.05) is 27.7 Å². The highest BCUT2D eigenvalue weighted by Gasteiger charge is 2.22. The zero-order valence-electron chi connectivity index (χ0n) is 15.7. The van der Waals surface area contributed by atoms with Gasteiger partial charge in [-0.1, -0.05) is 12.1 Å². The van der Waals surface area contributed by atoms with Gasteiger partial charge in [0.25, 0.3) is 0 Å². The van der Waals surface area contributed by atoms with E-state index in [0.29, 0.717) is 17.1 Å². The molecule has 0 saturated carbocycles. The number of carbonyl (C=O) groups excluding carboxylic acids is 2. The van der Waals surface area contributed by atoms with Gasteiger partial charge in [-0.2, -0.15) is 0 Å². The molecule has 2 aromatic carbocycles. The second-order valence-corrected chi connectivity index (χ2v) is 8.20. The van der Waals surface area contributed by atoms with E-state index in [0.717, 1.165) is 21.7 Å². The molecule has 0 atom stereocenters. The van der Waals surface area contributed by atoms with Gasteiger partial charge in [-0.15, -0.1) is 0 Å². The van der Waals surface area contributed by atoms with Crippen molar-refractivity contribution in [3.63, 3.8) is 0 Å². The SMILES string of the molecule is CC(=O)Nc1ccc(NC(=O)CN(c2cccc(C)c2C)S(C)(=O)=O)cc1. The molecule has 2 rings (SSSR count). The monoisotopic (exact) mass is 389 g/mol. The quantitative estimate of drug-likeness (QED) is 0.794. The normalized spacial score (nSPS) is 11.0. The molecule has 7 nitrogen and oxygen atoms in total. The summed E-state index contributed by atoms with van der Waals surface area (Å²) in [7, 11) is -3.64. The van der Waals surface area contributed by atoms with E-state index in [1.54, 1.807) is 36.4 Å². The fourth-order valence-corrected chi connectivity index (χ4v) is 3.46. The van der Waals surface area contributed by atoms with Crippen LogP contribution in [0.3, 0.4) is 0 Å². The number of aryl methyl sites for hydroxylation is 1.